The van der Waals surface area contributed by atoms with E-state index in [0.717, 1.165) is 41.6 Å². The minimum Gasteiger partial charge on any atom is -0.497 e. The van der Waals surface area contributed by atoms with Crippen LogP contribution in [0.15, 0.2) is 18.2 Å². The highest BCUT2D eigenvalue weighted by Gasteiger charge is 2.23. The van der Waals surface area contributed by atoms with Gasteiger partial charge < -0.3 is 19.8 Å². The molecule has 3 rings (SSSR count). The molecule has 1 saturated heterocycles. The molecular formula is C17H22N2O3. The number of aromatic nitrogens is 1. The molecule has 2 heterocycles. The van der Waals surface area contributed by atoms with Gasteiger partial charge in [-0.05, 0) is 49.9 Å². The lowest BCUT2D eigenvalue weighted by Crippen LogP contribution is -2.35. The Morgan fingerprint density at radius 3 is 3.09 bits per heavy atom. The third kappa shape index (κ3) is 2.95. The fourth-order valence-corrected chi connectivity index (χ4v) is 3.02. The van der Waals surface area contributed by atoms with Gasteiger partial charge in [-0.2, -0.15) is 0 Å². The average molecular weight is 302 g/mol. The molecule has 0 saturated carbocycles. The van der Waals surface area contributed by atoms with E-state index >= 15 is 0 Å². The Morgan fingerprint density at radius 1 is 1.50 bits per heavy atom. The Kier molecular flexibility index (Phi) is 4.34. The number of carbonyl (C=O) groups is 1. The molecule has 1 aliphatic rings. The molecule has 22 heavy (non-hydrogen) atoms. The minimum absolute atomic E-state index is 0.00701. The van der Waals surface area contributed by atoms with Gasteiger partial charge in [0.2, 0.25) is 5.91 Å². The quantitative estimate of drug-likeness (QED) is 0.891. The van der Waals surface area contributed by atoms with E-state index in [0.29, 0.717) is 13.2 Å². The number of ether oxygens (including phenoxy) is 2. The molecule has 0 bridgehead atoms. The lowest BCUT2D eigenvalue weighted by Gasteiger charge is -2.10. The normalized spacial score (nSPS) is 17.8. The van der Waals surface area contributed by atoms with Crippen molar-refractivity contribution in [2.24, 2.45) is 0 Å². The van der Waals surface area contributed by atoms with Crippen molar-refractivity contribution >= 4 is 16.8 Å². The highest BCUT2D eigenvalue weighted by Crippen LogP contribution is 2.26. The summed E-state index contributed by atoms with van der Waals surface area (Å²) in [4.78, 5) is 15.3. The van der Waals surface area contributed by atoms with E-state index in [1.165, 1.54) is 5.56 Å². The molecule has 5 heteroatoms. The molecule has 5 nitrogen and oxygen atoms in total. The van der Waals surface area contributed by atoms with Crippen LogP contribution >= 0.6 is 0 Å². The minimum atomic E-state index is -0.260. The van der Waals surface area contributed by atoms with E-state index < -0.39 is 0 Å². The highest BCUT2D eigenvalue weighted by atomic mass is 16.5. The molecule has 1 unspecified atom stereocenters. The van der Waals surface area contributed by atoms with Crippen molar-refractivity contribution in [3.8, 4) is 5.75 Å². The van der Waals surface area contributed by atoms with E-state index in [-0.39, 0.29) is 12.0 Å². The first-order chi connectivity index (χ1) is 10.7. The molecule has 1 aromatic carbocycles. The zero-order valence-electron chi connectivity index (χ0n) is 13.1. The fourth-order valence-electron chi connectivity index (χ4n) is 3.02. The summed E-state index contributed by atoms with van der Waals surface area (Å²) in [7, 11) is 1.67. The molecule has 1 fully saturated rings. The Hall–Kier alpha value is -2.01. The molecule has 0 radical (unpaired) electrons. The summed E-state index contributed by atoms with van der Waals surface area (Å²) in [6, 6.07) is 6.01. The van der Waals surface area contributed by atoms with Gasteiger partial charge >= 0.3 is 0 Å². The number of hydrogen-bond acceptors (Lipinski definition) is 3. The summed E-state index contributed by atoms with van der Waals surface area (Å²) in [5.74, 6) is 0.851. The highest BCUT2D eigenvalue weighted by molar-refractivity contribution is 5.86. The monoisotopic (exact) mass is 302 g/mol. The van der Waals surface area contributed by atoms with Crippen LogP contribution in [0.1, 0.15) is 24.1 Å². The maximum absolute atomic E-state index is 12.0. The van der Waals surface area contributed by atoms with Gasteiger partial charge in [-0.15, -0.1) is 0 Å². The molecule has 1 atom stereocenters. The van der Waals surface area contributed by atoms with Gasteiger partial charge in [0.15, 0.2) is 0 Å². The molecule has 2 N–H and O–H groups in total. The van der Waals surface area contributed by atoms with Crippen LogP contribution < -0.4 is 10.1 Å². The Balaban J connectivity index is 1.67. The molecule has 2 aromatic rings. The molecule has 1 aromatic heterocycles. The van der Waals surface area contributed by atoms with Crippen molar-refractivity contribution in [3.63, 3.8) is 0 Å². The number of rotatable bonds is 5. The van der Waals surface area contributed by atoms with Crippen LogP contribution in [0.4, 0.5) is 0 Å². The van der Waals surface area contributed by atoms with Gasteiger partial charge in [0, 0.05) is 29.7 Å². The molecule has 0 aliphatic carbocycles. The number of nitrogens with one attached hydrogen (secondary N) is 2. The third-order valence-electron chi connectivity index (χ3n) is 4.22. The number of aryl methyl sites for hydroxylation is 1. The standard InChI is InChI=1S/C17H22N2O3/c1-11-13(7-8-18-17(20)16-4-3-9-22-16)14-10-12(21-2)5-6-15(14)19-11/h5-6,10,16,19H,3-4,7-9H2,1-2H3,(H,18,20). The smallest absolute Gasteiger partial charge is 0.249 e. The number of carbonyl (C=O) groups excluding carboxylic acids is 1. The van der Waals surface area contributed by atoms with E-state index in [2.05, 4.69) is 17.2 Å². The number of methoxy groups -OCH3 is 1. The molecule has 118 valence electrons. The van der Waals surface area contributed by atoms with Crippen LogP contribution in [-0.2, 0) is 16.0 Å². The first-order valence-corrected chi connectivity index (χ1v) is 7.73. The van der Waals surface area contributed by atoms with Gasteiger partial charge in [0.1, 0.15) is 11.9 Å². The van der Waals surface area contributed by atoms with Gasteiger partial charge in [-0.1, -0.05) is 0 Å². The number of amides is 1. The summed E-state index contributed by atoms with van der Waals surface area (Å²) in [6.07, 6.45) is 2.33. The first kappa shape index (κ1) is 14.9. The van der Waals surface area contributed by atoms with Crippen molar-refractivity contribution in [3.05, 3.63) is 29.5 Å². The van der Waals surface area contributed by atoms with Crippen LogP contribution in [-0.4, -0.2) is 37.3 Å². The van der Waals surface area contributed by atoms with Crippen LogP contribution in [0.3, 0.4) is 0 Å². The number of benzene rings is 1. The second-order valence-corrected chi connectivity index (χ2v) is 5.68. The molecule has 1 amide bonds. The maximum Gasteiger partial charge on any atom is 0.249 e. The summed E-state index contributed by atoms with van der Waals surface area (Å²) in [6.45, 7) is 3.37. The van der Waals surface area contributed by atoms with E-state index in [4.69, 9.17) is 9.47 Å². The van der Waals surface area contributed by atoms with Crippen LogP contribution in [0.2, 0.25) is 0 Å². The molecule has 0 spiro atoms. The number of fused-ring (bicyclic) bond motifs is 1. The van der Waals surface area contributed by atoms with E-state index in [1.54, 1.807) is 7.11 Å². The molecule has 1 aliphatic heterocycles. The summed E-state index contributed by atoms with van der Waals surface area (Å²) in [5, 5.41) is 4.13. The second kappa shape index (κ2) is 6.40. The van der Waals surface area contributed by atoms with Gasteiger partial charge in [0.25, 0.3) is 0 Å². The molecular weight excluding hydrogens is 280 g/mol. The van der Waals surface area contributed by atoms with Gasteiger partial charge in [-0.3, -0.25) is 4.79 Å². The average Bonchev–Trinajstić information content (AvgIpc) is 3.15. The topological polar surface area (TPSA) is 63.3 Å². The van der Waals surface area contributed by atoms with Gasteiger partial charge in [0.05, 0.1) is 7.11 Å². The second-order valence-electron chi connectivity index (χ2n) is 5.68. The summed E-state index contributed by atoms with van der Waals surface area (Å²) >= 11 is 0. The van der Waals surface area contributed by atoms with Gasteiger partial charge in [-0.25, -0.2) is 0 Å². The number of hydrogen-bond donors (Lipinski definition) is 2. The Labute approximate surface area is 130 Å². The first-order valence-electron chi connectivity index (χ1n) is 7.73. The predicted octanol–water partition coefficient (Wildman–Crippen LogP) is 2.32. The number of aromatic amines is 1. The zero-order chi connectivity index (χ0) is 15.5. The fraction of sp³-hybridized carbons (Fsp3) is 0.471. The van der Waals surface area contributed by atoms with Crippen LogP contribution in [0, 0.1) is 6.92 Å². The third-order valence-corrected chi connectivity index (χ3v) is 4.22. The summed E-state index contributed by atoms with van der Waals surface area (Å²) < 4.78 is 10.7. The largest absolute Gasteiger partial charge is 0.497 e. The van der Waals surface area contributed by atoms with Crippen molar-refractivity contribution in [2.75, 3.05) is 20.3 Å². The Bertz CT molecular complexity index is 672. The van der Waals surface area contributed by atoms with Crippen LogP contribution in [0.25, 0.3) is 10.9 Å². The summed E-state index contributed by atoms with van der Waals surface area (Å²) in [5.41, 5.74) is 3.45. The van der Waals surface area contributed by atoms with Crippen molar-refractivity contribution in [1.29, 1.82) is 0 Å². The maximum atomic E-state index is 12.0. The zero-order valence-corrected chi connectivity index (χ0v) is 13.1. The lowest BCUT2D eigenvalue weighted by atomic mass is 10.1. The van der Waals surface area contributed by atoms with Crippen molar-refractivity contribution < 1.29 is 14.3 Å². The predicted molar refractivity (Wildman–Crippen MR) is 85.3 cm³/mol. The van der Waals surface area contributed by atoms with Crippen LogP contribution in [0.5, 0.6) is 5.75 Å². The number of H-pyrrole nitrogens is 1. The Morgan fingerprint density at radius 2 is 2.36 bits per heavy atom. The van der Waals surface area contributed by atoms with E-state index in [1.807, 2.05) is 18.2 Å². The lowest BCUT2D eigenvalue weighted by molar-refractivity contribution is -0.129. The van der Waals surface area contributed by atoms with E-state index in [9.17, 15) is 4.79 Å². The SMILES string of the molecule is COc1ccc2[nH]c(C)c(CCNC(=O)C3CCCO3)c2c1. The van der Waals surface area contributed by atoms with Crippen molar-refractivity contribution in [2.45, 2.75) is 32.3 Å². The van der Waals surface area contributed by atoms with Crippen molar-refractivity contribution in [1.82, 2.24) is 10.3 Å².